The fourth-order valence-electron chi connectivity index (χ4n) is 3.85. The lowest BCUT2D eigenvalue weighted by molar-refractivity contribution is -0.389. The molecule has 0 saturated heterocycles. The highest BCUT2D eigenvalue weighted by molar-refractivity contribution is 6.28. The van der Waals surface area contributed by atoms with Gasteiger partial charge in [-0.3, -0.25) is 9.47 Å². The van der Waals surface area contributed by atoms with Crippen LogP contribution in [0.5, 0.6) is 0 Å². The molecule has 34 heavy (non-hydrogen) atoms. The molecule has 0 amide bonds. The third kappa shape index (κ3) is 5.40. The smallest absolute Gasteiger partial charge is 0.449 e. The summed E-state index contributed by atoms with van der Waals surface area (Å²) in [6.45, 7) is 3.45. The number of fused-ring (bicyclic) bond motifs is 1. The highest BCUT2D eigenvalue weighted by Crippen LogP contribution is 2.34. The van der Waals surface area contributed by atoms with E-state index in [0.717, 1.165) is 17.3 Å². The predicted octanol–water partition coefficient (Wildman–Crippen LogP) is 4.32. The van der Waals surface area contributed by atoms with E-state index in [0.29, 0.717) is 38.2 Å². The number of imidazole rings is 1. The van der Waals surface area contributed by atoms with E-state index in [1.807, 2.05) is 6.07 Å². The Kier molecular flexibility index (Phi) is 6.40. The molecule has 1 unspecified atom stereocenters. The first kappa shape index (κ1) is 24.2. The summed E-state index contributed by atoms with van der Waals surface area (Å²) in [7, 11) is 0. The molecule has 1 atom stereocenters. The number of halogens is 4. The van der Waals surface area contributed by atoms with Gasteiger partial charge in [-0.1, -0.05) is 6.07 Å². The van der Waals surface area contributed by atoms with E-state index in [2.05, 4.69) is 14.9 Å². The largest absolute Gasteiger partial charge is 0.450 e. The molecule has 0 bridgehead atoms. The van der Waals surface area contributed by atoms with Crippen molar-refractivity contribution in [1.82, 2.24) is 19.4 Å². The van der Waals surface area contributed by atoms with Crippen LogP contribution in [0.2, 0.25) is 5.28 Å². The Hall–Kier alpha value is -2.96. The monoisotopic (exact) mass is 499 g/mol. The van der Waals surface area contributed by atoms with Crippen molar-refractivity contribution >= 4 is 17.4 Å². The van der Waals surface area contributed by atoms with Crippen molar-refractivity contribution in [1.29, 1.82) is 0 Å². The average molecular weight is 500 g/mol. The fraction of sp³-hybridized carbons (Fsp3) is 0.429. The minimum atomic E-state index is -4.55. The van der Waals surface area contributed by atoms with Crippen LogP contribution in [-0.4, -0.2) is 48.2 Å². The highest BCUT2D eigenvalue weighted by atomic mass is 35.5. The van der Waals surface area contributed by atoms with Crippen molar-refractivity contribution in [2.45, 2.75) is 44.6 Å². The lowest BCUT2D eigenvalue weighted by Crippen LogP contribution is -2.38. The quantitative estimate of drug-likeness (QED) is 0.381. The Morgan fingerprint density at radius 3 is 2.68 bits per heavy atom. The average Bonchev–Trinajstić information content (AvgIpc) is 3.39. The van der Waals surface area contributed by atoms with E-state index in [1.54, 1.807) is 13.0 Å². The normalized spacial score (nSPS) is 16.3. The highest BCUT2D eigenvalue weighted by Gasteiger charge is 2.35. The van der Waals surface area contributed by atoms with Crippen molar-refractivity contribution < 1.29 is 27.6 Å². The number of aliphatic hydroxyl groups is 1. The summed E-state index contributed by atoms with van der Waals surface area (Å²) in [5.74, 6) is -1.39. The van der Waals surface area contributed by atoms with Gasteiger partial charge in [0.2, 0.25) is 5.76 Å². The van der Waals surface area contributed by atoms with Crippen LogP contribution in [0, 0.1) is 10.1 Å². The number of pyridine rings is 1. The second-order valence-corrected chi connectivity index (χ2v) is 8.83. The number of rotatable bonds is 7. The van der Waals surface area contributed by atoms with Crippen LogP contribution in [0.4, 0.5) is 19.0 Å². The summed E-state index contributed by atoms with van der Waals surface area (Å²) in [6, 6.07) is 5.60. The van der Waals surface area contributed by atoms with Crippen LogP contribution >= 0.6 is 11.6 Å². The van der Waals surface area contributed by atoms with Gasteiger partial charge in [0.15, 0.2) is 5.76 Å². The summed E-state index contributed by atoms with van der Waals surface area (Å²) < 4.78 is 44.6. The summed E-state index contributed by atoms with van der Waals surface area (Å²) >= 11 is 5.94. The van der Waals surface area contributed by atoms with Gasteiger partial charge in [-0.15, -0.1) is 0 Å². The topological polar surface area (TPSA) is 110 Å². The number of hydrogen-bond donors (Lipinski definition) is 1. The molecular formula is C21H21ClF3N5O4. The molecule has 0 saturated carbocycles. The Balaban J connectivity index is 1.37. The van der Waals surface area contributed by atoms with Crippen molar-refractivity contribution in [2.24, 2.45) is 0 Å². The first-order valence-electron chi connectivity index (χ1n) is 10.4. The van der Waals surface area contributed by atoms with Gasteiger partial charge in [0.1, 0.15) is 11.9 Å². The summed E-state index contributed by atoms with van der Waals surface area (Å²) in [5.41, 5.74) is 0.904. The minimum absolute atomic E-state index is 0.0467. The van der Waals surface area contributed by atoms with Gasteiger partial charge in [-0.25, -0.2) is 4.98 Å². The Bertz CT molecular complexity index is 1210. The SMILES string of the molecule is CC(O)(CCN1CCc2nc(-c3ccc(C(F)(F)F)o3)ccc2C1)Cn1cc([N+](=O)[O-])nc1Cl. The van der Waals surface area contributed by atoms with Gasteiger partial charge in [0.25, 0.3) is 0 Å². The number of aromatic nitrogens is 3. The molecule has 0 fully saturated rings. The molecule has 0 aliphatic carbocycles. The van der Waals surface area contributed by atoms with Crippen LogP contribution < -0.4 is 0 Å². The maximum atomic E-state index is 12.8. The lowest BCUT2D eigenvalue weighted by Gasteiger charge is -2.31. The van der Waals surface area contributed by atoms with Crippen LogP contribution in [0.25, 0.3) is 11.5 Å². The molecule has 3 aromatic heterocycles. The molecule has 0 radical (unpaired) electrons. The second-order valence-electron chi connectivity index (χ2n) is 8.49. The first-order valence-corrected chi connectivity index (χ1v) is 10.8. The van der Waals surface area contributed by atoms with E-state index in [-0.39, 0.29) is 23.4 Å². The molecule has 182 valence electrons. The number of nitro groups is 1. The molecule has 0 aromatic carbocycles. The number of nitrogens with zero attached hydrogens (tertiary/aromatic N) is 5. The third-order valence-corrected chi connectivity index (χ3v) is 5.95. The minimum Gasteiger partial charge on any atom is -0.450 e. The van der Waals surface area contributed by atoms with Gasteiger partial charge in [0, 0.05) is 31.7 Å². The van der Waals surface area contributed by atoms with E-state index in [1.165, 1.54) is 16.8 Å². The molecule has 9 nitrogen and oxygen atoms in total. The fourth-order valence-corrected chi connectivity index (χ4v) is 4.05. The molecule has 3 aromatic rings. The van der Waals surface area contributed by atoms with Crippen molar-refractivity contribution in [3.63, 3.8) is 0 Å². The summed E-state index contributed by atoms with van der Waals surface area (Å²) in [4.78, 5) is 20.5. The molecule has 13 heteroatoms. The second kappa shape index (κ2) is 9.01. The van der Waals surface area contributed by atoms with E-state index < -0.39 is 22.5 Å². The zero-order valence-electron chi connectivity index (χ0n) is 18.0. The molecule has 4 rings (SSSR count). The molecule has 0 spiro atoms. The van der Waals surface area contributed by atoms with Crippen molar-refractivity contribution in [3.05, 3.63) is 62.9 Å². The summed E-state index contributed by atoms with van der Waals surface area (Å²) in [6.07, 6.45) is -2.39. The van der Waals surface area contributed by atoms with Crippen molar-refractivity contribution in [3.8, 4) is 11.5 Å². The standard InChI is InChI=1S/C21H21ClF3N5O4/c1-20(31,12-29-11-18(30(32)33)27-19(29)22)7-9-28-8-6-14-13(10-28)2-3-15(26-14)16-4-5-17(34-16)21(23,24)25/h2-5,11,31H,6-10,12H2,1H3. The van der Waals surface area contributed by atoms with Gasteiger partial charge in [-0.2, -0.15) is 13.2 Å². The molecular weight excluding hydrogens is 479 g/mol. The number of furan rings is 1. The van der Waals surface area contributed by atoms with Crippen LogP contribution in [0.1, 0.15) is 30.4 Å². The summed E-state index contributed by atoms with van der Waals surface area (Å²) in [5, 5.41) is 21.6. The zero-order valence-corrected chi connectivity index (χ0v) is 18.8. The van der Waals surface area contributed by atoms with Gasteiger partial charge >= 0.3 is 17.3 Å². The third-order valence-electron chi connectivity index (χ3n) is 5.64. The Morgan fingerprint density at radius 1 is 1.26 bits per heavy atom. The van der Waals surface area contributed by atoms with Crippen LogP contribution in [0.3, 0.4) is 0 Å². The lowest BCUT2D eigenvalue weighted by atomic mass is 10.00. The van der Waals surface area contributed by atoms with Gasteiger partial charge < -0.3 is 19.6 Å². The first-order chi connectivity index (χ1) is 15.9. The van der Waals surface area contributed by atoms with E-state index >= 15 is 0 Å². The van der Waals surface area contributed by atoms with Gasteiger partial charge in [-0.05, 0) is 58.6 Å². The molecule has 1 aliphatic rings. The molecule has 1 N–H and O–H groups in total. The molecule has 4 heterocycles. The predicted molar refractivity (Wildman–Crippen MR) is 115 cm³/mol. The van der Waals surface area contributed by atoms with Crippen LogP contribution in [0.15, 0.2) is 34.9 Å². The maximum Gasteiger partial charge on any atom is 0.449 e. The molecule has 1 aliphatic heterocycles. The number of hydrogen-bond acceptors (Lipinski definition) is 7. The zero-order chi connectivity index (χ0) is 24.7. The maximum absolute atomic E-state index is 12.8. The Morgan fingerprint density at radius 2 is 2.03 bits per heavy atom. The van der Waals surface area contributed by atoms with Crippen molar-refractivity contribution in [2.75, 3.05) is 13.1 Å². The van der Waals surface area contributed by atoms with E-state index in [4.69, 9.17) is 16.0 Å². The van der Waals surface area contributed by atoms with Gasteiger partial charge in [0.05, 0.1) is 12.1 Å². The number of alkyl halides is 3. The Labute approximate surface area is 196 Å². The van der Waals surface area contributed by atoms with E-state index in [9.17, 15) is 28.4 Å². The van der Waals surface area contributed by atoms with Crippen LogP contribution in [-0.2, 0) is 25.7 Å².